The molecule has 2 aliphatic rings. The molecule has 1 radical (unpaired) electrons. The normalized spacial score (nSPS) is 24.8. The summed E-state index contributed by atoms with van der Waals surface area (Å²) >= 11 is 8.10. The summed E-state index contributed by atoms with van der Waals surface area (Å²) < 4.78 is 0. The van der Waals surface area contributed by atoms with Gasteiger partial charge < -0.3 is 4.98 Å². The minimum absolute atomic E-state index is 0.194. The van der Waals surface area contributed by atoms with Crippen LogP contribution in [0.15, 0.2) is 36.4 Å². The van der Waals surface area contributed by atoms with E-state index < -0.39 is 0 Å². The van der Waals surface area contributed by atoms with Crippen molar-refractivity contribution in [2.24, 2.45) is 5.92 Å². The van der Waals surface area contributed by atoms with Crippen LogP contribution in [-0.2, 0) is 0 Å². The molecule has 4 nitrogen and oxygen atoms in total. The van der Waals surface area contributed by atoms with Gasteiger partial charge in [0, 0.05) is 17.1 Å². The third kappa shape index (κ3) is 3.33. The quantitative estimate of drug-likeness (QED) is 0.519. The lowest BCUT2D eigenvalue weighted by Gasteiger charge is -2.39. The van der Waals surface area contributed by atoms with E-state index in [0.717, 1.165) is 46.1 Å². The topological polar surface area (TPSA) is 35.2 Å². The SMILES string of the molecule is Cc1ccc(C2=[C]SC(C)N2N2CC[C@H](C)[C@H]2c2nc3cc(Cl)c(C)cc3[nH]2)cc1. The fourth-order valence-corrected chi connectivity index (χ4v) is 5.52. The number of nitrogens with zero attached hydrogens (tertiary/aromatic N) is 3. The molecule has 1 fully saturated rings. The van der Waals surface area contributed by atoms with Crippen molar-refractivity contribution in [3.05, 3.63) is 69.3 Å². The average molecular weight is 438 g/mol. The molecule has 0 amide bonds. The largest absolute Gasteiger partial charge is 0.341 e. The Kier molecular flexibility index (Phi) is 5.08. The molecule has 3 atom stereocenters. The number of aromatic amines is 1. The van der Waals surface area contributed by atoms with Crippen LogP contribution >= 0.6 is 23.4 Å². The monoisotopic (exact) mass is 437 g/mol. The Balaban J connectivity index is 1.53. The summed E-state index contributed by atoms with van der Waals surface area (Å²) in [5, 5.41) is 9.55. The van der Waals surface area contributed by atoms with Gasteiger partial charge in [0.2, 0.25) is 0 Å². The molecule has 30 heavy (non-hydrogen) atoms. The average Bonchev–Trinajstić information content (AvgIpc) is 3.39. The fourth-order valence-electron chi connectivity index (χ4n) is 4.54. The lowest BCUT2D eigenvalue weighted by molar-refractivity contribution is 0.00534. The summed E-state index contributed by atoms with van der Waals surface area (Å²) in [7, 11) is 0. The number of hydrogen-bond acceptors (Lipinski definition) is 4. The number of hydrazine groups is 1. The predicted molar refractivity (Wildman–Crippen MR) is 126 cm³/mol. The summed E-state index contributed by atoms with van der Waals surface area (Å²) in [5.41, 5.74) is 6.69. The number of hydrogen-bond donors (Lipinski definition) is 1. The highest BCUT2D eigenvalue weighted by molar-refractivity contribution is 8.01. The van der Waals surface area contributed by atoms with Crippen LogP contribution in [0.5, 0.6) is 0 Å². The van der Waals surface area contributed by atoms with Crippen molar-refractivity contribution in [2.45, 2.75) is 45.5 Å². The van der Waals surface area contributed by atoms with Gasteiger partial charge in [-0.05, 0) is 50.8 Å². The number of H-pyrrole nitrogens is 1. The third-order valence-electron chi connectivity index (χ3n) is 6.24. The number of halogens is 1. The fraction of sp³-hybridized carbons (Fsp3) is 0.375. The van der Waals surface area contributed by atoms with Crippen molar-refractivity contribution in [2.75, 3.05) is 6.54 Å². The predicted octanol–water partition coefficient (Wildman–Crippen LogP) is 6.33. The first-order chi connectivity index (χ1) is 14.4. The molecule has 1 N–H and O–H groups in total. The van der Waals surface area contributed by atoms with Gasteiger partial charge in [0.1, 0.15) is 5.82 Å². The number of nitrogens with one attached hydrogen (secondary N) is 1. The number of rotatable bonds is 3. The zero-order valence-electron chi connectivity index (χ0n) is 17.7. The highest BCUT2D eigenvalue weighted by Crippen LogP contribution is 2.45. The molecule has 0 bridgehead atoms. The van der Waals surface area contributed by atoms with Crippen LogP contribution in [0.2, 0.25) is 5.02 Å². The van der Waals surface area contributed by atoms with Crippen LogP contribution in [0, 0.1) is 25.2 Å². The molecule has 3 aromatic rings. The van der Waals surface area contributed by atoms with E-state index in [-0.39, 0.29) is 6.04 Å². The molecule has 2 aromatic carbocycles. The van der Waals surface area contributed by atoms with E-state index in [1.807, 2.05) is 13.0 Å². The maximum Gasteiger partial charge on any atom is 0.126 e. The van der Waals surface area contributed by atoms with Crippen LogP contribution in [-0.4, -0.2) is 31.9 Å². The van der Waals surface area contributed by atoms with Gasteiger partial charge in [0.25, 0.3) is 0 Å². The van der Waals surface area contributed by atoms with E-state index in [2.05, 4.69) is 71.5 Å². The standard InChI is InChI=1S/C24H26ClN4S/c1-14-5-7-18(8-6-14)22-13-30-17(4)29(22)28-10-9-15(2)23(28)24-26-20-11-16(3)19(25)12-21(20)27-24/h5-8,11-12,15,17,23H,9-10H2,1-4H3,(H,26,27)/t15-,17?,23-/m0/s1. The van der Waals surface area contributed by atoms with Gasteiger partial charge in [-0.15, -0.1) is 0 Å². The molecule has 6 heteroatoms. The number of benzene rings is 2. The Morgan fingerprint density at radius 2 is 1.93 bits per heavy atom. The minimum Gasteiger partial charge on any atom is -0.341 e. The van der Waals surface area contributed by atoms with Gasteiger partial charge in [0.15, 0.2) is 0 Å². The van der Waals surface area contributed by atoms with Crippen LogP contribution in [0.1, 0.15) is 48.8 Å². The molecule has 0 saturated carbocycles. The number of aromatic nitrogens is 2. The summed E-state index contributed by atoms with van der Waals surface area (Å²) in [6.07, 6.45) is 1.14. The highest BCUT2D eigenvalue weighted by Gasteiger charge is 2.42. The van der Waals surface area contributed by atoms with Gasteiger partial charge in [-0.3, -0.25) is 5.01 Å². The van der Waals surface area contributed by atoms with Crippen molar-refractivity contribution < 1.29 is 0 Å². The molecular formula is C24H26ClN4S. The highest BCUT2D eigenvalue weighted by atomic mass is 35.5. The first-order valence-corrected chi connectivity index (χ1v) is 11.8. The maximum atomic E-state index is 6.35. The second-order valence-corrected chi connectivity index (χ2v) is 10.0. The second-order valence-electron chi connectivity index (χ2n) is 8.49. The van der Waals surface area contributed by atoms with Crippen molar-refractivity contribution >= 4 is 40.1 Å². The Morgan fingerprint density at radius 3 is 2.70 bits per heavy atom. The van der Waals surface area contributed by atoms with Gasteiger partial charge in [0.05, 0.1) is 33.6 Å². The van der Waals surface area contributed by atoms with Crippen molar-refractivity contribution in [1.82, 2.24) is 20.0 Å². The van der Waals surface area contributed by atoms with Crippen LogP contribution in [0.3, 0.4) is 0 Å². The smallest absolute Gasteiger partial charge is 0.126 e. The maximum absolute atomic E-state index is 6.35. The Hall–Kier alpha value is -1.95. The number of fused-ring (bicyclic) bond motifs is 1. The van der Waals surface area contributed by atoms with E-state index in [1.54, 1.807) is 11.8 Å². The molecule has 1 unspecified atom stereocenters. The van der Waals surface area contributed by atoms with E-state index in [4.69, 9.17) is 16.6 Å². The van der Waals surface area contributed by atoms with Crippen LogP contribution in [0.4, 0.5) is 0 Å². The Morgan fingerprint density at radius 1 is 1.17 bits per heavy atom. The van der Waals surface area contributed by atoms with E-state index >= 15 is 0 Å². The first-order valence-electron chi connectivity index (χ1n) is 10.5. The van der Waals surface area contributed by atoms with Crippen molar-refractivity contribution in [1.29, 1.82) is 0 Å². The Labute approximate surface area is 187 Å². The van der Waals surface area contributed by atoms with Gasteiger partial charge in [-0.2, -0.15) is 0 Å². The molecule has 1 saturated heterocycles. The summed E-state index contributed by atoms with van der Waals surface area (Å²) in [6, 6.07) is 13.0. The van der Waals surface area contributed by atoms with Gasteiger partial charge in [-0.25, -0.2) is 9.99 Å². The number of thioether (sulfide) groups is 1. The second kappa shape index (κ2) is 7.63. The molecule has 155 valence electrons. The number of aryl methyl sites for hydroxylation is 2. The molecule has 5 rings (SSSR count). The van der Waals surface area contributed by atoms with E-state index in [1.165, 1.54) is 11.1 Å². The number of imidazole rings is 1. The lowest BCUT2D eigenvalue weighted by atomic mass is 10.0. The van der Waals surface area contributed by atoms with Crippen molar-refractivity contribution in [3.63, 3.8) is 0 Å². The first kappa shape index (κ1) is 20.0. The zero-order valence-corrected chi connectivity index (χ0v) is 19.3. The lowest BCUT2D eigenvalue weighted by Crippen LogP contribution is -2.43. The summed E-state index contributed by atoms with van der Waals surface area (Å²) in [4.78, 5) is 8.55. The Bertz CT molecular complexity index is 1080. The molecular weight excluding hydrogens is 412 g/mol. The molecule has 1 aromatic heterocycles. The van der Waals surface area contributed by atoms with Gasteiger partial charge in [-0.1, -0.05) is 60.1 Å². The van der Waals surface area contributed by atoms with E-state index in [9.17, 15) is 0 Å². The molecule has 2 aliphatic heterocycles. The summed E-state index contributed by atoms with van der Waals surface area (Å²) in [5.74, 6) is 1.52. The van der Waals surface area contributed by atoms with Gasteiger partial charge >= 0.3 is 0 Å². The molecule has 0 aliphatic carbocycles. The van der Waals surface area contributed by atoms with Crippen LogP contribution in [0.25, 0.3) is 16.7 Å². The van der Waals surface area contributed by atoms with Crippen molar-refractivity contribution in [3.8, 4) is 0 Å². The molecule has 0 spiro atoms. The minimum atomic E-state index is 0.194. The third-order valence-corrected chi connectivity index (χ3v) is 7.50. The van der Waals surface area contributed by atoms with Crippen LogP contribution < -0.4 is 0 Å². The zero-order chi connectivity index (χ0) is 21.0. The summed E-state index contributed by atoms with van der Waals surface area (Å²) in [6.45, 7) is 9.73. The molecule has 3 heterocycles. The van der Waals surface area contributed by atoms with E-state index in [0.29, 0.717) is 11.3 Å².